The second-order valence-electron chi connectivity index (χ2n) is 5.05. The van der Waals surface area contributed by atoms with E-state index >= 15 is 0 Å². The summed E-state index contributed by atoms with van der Waals surface area (Å²) in [7, 11) is -3.08. The summed E-state index contributed by atoms with van der Waals surface area (Å²) in [6, 6.07) is 3.43. The molecule has 8 heteroatoms. The lowest BCUT2D eigenvalue weighted by molar-refractivity contribution is -0.135. The molecular weight excluding hydrogens is 312 g/mol. The van der Waals surface area contributed by atoms with Gasteiger partial charge in [-0.05, 0) is 23.9 Å². The Balaban J connectivity index is 2.03. The Kier molecular flexibility index (Phi) is 3.58. The summed E-state index contributed by atoms with van der Waals surface area (Å²) in [6.07, 6.45) is 2.07. The first kappa shape index (κ1) is 14.3. The van der Waals surface area contributed by atoms with Crippen LogP contribution in [0.25, 0.3) is 10.1 Å². The van der Waals surface area contributed by atoms with Gasteiger partial charge in [0.05, 0.1) is 11.5 Å². The number of thiophene rings is 1. The molecule has 0 radical (unpaired) electrons. The highest BCUT2D eigenvalue weighted by Crippen LogP contribution is 2.31. The van der Waals surface area contributed by atoms with Gasteiger partial charge in [-0.2, -0.15) is 0 Å². The molecule has 3 rings (SSSR count). The molecule has 21 heavy (non-hydrogen) atoms. The molecule has 3 heterocycles. The zero-order valence-electron chi connectivity index (χ0n) is 11.1. The first-order valence-corrected chi connectivity index (χ1v) is 9.17. The quantitative estimate of drug-likeness (QED) is 0.913. The third-order valence-corrected chi connectivity index (χ3v) is 6.22. The van der Waals surface area contributed by atoms with E-state index in [1.807, 2.05) is 17.5 Å². The Hall–Kier alpha value is -1.67. The van der Waals surface area contributed by atoms with Crippen molar-refractivity contribution in [3.8, 4) is 0 Å². The van der Waals surface area contributed by atoms with Gasteiger partial charge in [0.1, 0.15) is 12.4 Å². The molecule has 0 saturated carbocycles. The van der Waals surface area contributed by atoms with Crippen molar-refractivity contribution in [2.24, 2.45) is 0 Å². The molecule has 1 atom stereocenters. The number of hydrogen-bond acceptors (Lipinski definition) is 6. The van der Waals surface area contributed by atoms with Crippen LogP contribution in [0.5, 0.6) is 0 Å². The van der Waals surface area contributed by atoms with Crippen LogP contribution < -0.4 is 4.90 Å². The molecule has 0 aliphatic carbocycles. The van der Waals surface area contributed by atoms with E-state index in [9.17, 15) is 13.2 Å². The second kappa shape index (κ2) is 5.27. The summed E-state index contributed by atoms with van der Waals surface area (Å²) in [5.74, 6) is -0.345. The average Bonchev–Trinajstić information content (AvgIpc) is 3.01. The topological polar surface area (TPSA) is 87.6 Å². The zero-order chi connectivity index (χ0) is 15.0. The van der Waals surface area contributed by atoms with E-state index in [2.05, 4.69) is 4.98 Å². The number of rotatable bonds is 4. The molecule has 112 valence electrons. The van der Waals surface area contributed by atoms with Gasteiger partial charge in [0.2, 0.25) is 0 Å². The number of anilines is 1. The lowest BCUT2D eigenvalue weighted by Crippen LogP contribution is -2.40. The first-order chi connectivity index (χ1) is 9.96. The smallest absolute Gasteiger partial charge is 0.323 e. The maximum absolute atomic E-state index is 11.7. The van der Waals surface area contributed by atoms with Gasteiger partial charge in [0.25, 0.3) is 0 Å². The predicted molar refractivity (Wildman–Crippen MR) is 81.7 cm³/mol. The number of carbonyl (C=O) groups is 1. The van der Waals surface area contributed by atoms with Crippen LogP contribution in [0.2, 0.25) is 0 Å². The number of pyridine rings is 1. The fourth-order valence-corrected chi connectivity index (χ4v) is 5.16. The fourth-order valence-electron chi connectivity index (χ4n) is 2.65. The van der Waals surface area contributed by atoms with Crippen LogP contribution in [0.4, 0.5) is 5.82 Å². The Bertz CT molecular complexity index is 784. The number of aliphatic carboxylic acids is 1. The van der Waals surface area contributed by atoms with Crippen LogP contribution in [0.3, 0.4) is 0 Å². The summed E-state index contributed by atoms with van der Waals surface area (Å²) >= 11 is 1.55. The van der Waals surface area contributed by atoms with Crippen molar-refractivity contribution in [3.05, 3.63) is 23.7 Å². The number of sulfone groups is 1. The Labute approximate surface area is 125 Å². The number of aromatic nitrogens is 1. The number of carboxylic acid groups (broad SMARTS) is 1. The van der Waals surface area contributed by atoms with E-state index < -0.39 is 15.8 Å². The minimum absolute atomic E-state index is 0.0114. The average molecular weight is 326 g/mol. The summed E-state index contributed by atoms with van der Waals surface area (Å²) < 4.78 is 24.4. The lowest BCUT2D eigenvalue weighted by atomic mass is 10.2. The highest BCUT2D eigenvalue weighted by atomic mass is 32.2. The van der Waals surface area contributed by atoms with Crippen molar-refractivity contribution >= 4 is 43.0 Å². The van der Waals surface area contributed by atoms with E-state index in [0.29, 0.717) is 12.2 Å². The van der Waals surface area contributed by atoms with Crippen LogP contribution in [-0.4, -0.2) is 48.6 Å². The molecule has 1 unspecified atom stereocenters. The van der Waals surface area contributed by atoms with Crippen LogP contribution in [0.1, 0.15) is 6.42 Å². The van der Waals surface area contributed by atoms with E-state index in [1.165, 1.54) is 0 Å². The third-order valence-electron chi connectivity index (χ3n) is 3.59. The summed E-state index contributed by atoms with van der Waals surface area (Å²) in [5.41, 5.74) is 0. The summed E-state index contributed by atoms with van der Waals surface area (Å²) in [6.45, 7) is -0.248. The van der Waals surface area contributed by atoms with Crippen LogP contribution in [-0.2, 0) is 14.6 Å². The highest BCUT2D eigenvalue weighted by molar-refractivity contribution is 7.91. The Morgan fingerprint density at radius 3 is 2.95 bits per heavy atom. The van der Waals surface area contributed by atoms with Crippen molar-refractivity contribution in [3.63, 3.8) is 0 Å². The molecule has 0 amide bonds. The van der Waals surface area contributed by atoms with Gasteiger partial charge in [-0.15, -0.1) is 11.3 Å². The lowest BCUT2D eigenvalue weighted by Gasteiger charge is -2.28. The van der Waals surface area contributed by atoms with Gasteiger partial charge in [-0.3, -0.25) is 4.79 Å². The van der Waals surface area contributed by atoms with Gasteiger partial charge in [0.15, 0.2) is 9.84 Å². The molecule has 2 aromatic rings. The maximum Gasteiger partial charge on any atom is 0.323 e. The van der Waals surface area contributed by atoms with Crippen molar-refractivity contribution in [2.45, 2.75) is 12.5 Å². The van der Waals surface area contributed by atoms with Gasteiger partial charge in [-0.25, -0.2) is 13.4 Å². The van der Waals surface area contributed by atoms with Gasteiger partial charge in [0, 0.05) is 22.3 Å². The van der Waals surface area contributed by atoms with Crippen LogP contribution in [0, 0.1) is 0 Å². The summed E-state index contributed by atoms with van der Waals surface area (Å²) in [5, 5.41) is 11.9. The van der Waals surface area contributed by atoms with Gasteiger partial charge >= 0.3 is 5.97 Å². The van der Waals surface area contributed by atoms with Crippen molar-refractivity contribution in [2.75, 3.05) is 23.0 Å². The minimum atomic E-state index is -3.08. The molecule has 6 nitrogen and oxygen atoms in total. The largest absolute Gasteiger partial charge is 0.480 e. The Morgan fingerprint density at radius 1 is 1.48 bits per heavy atom. The Morgan fingerprint density at radius 2 is 2.29 bits per heavy atom. The van der Waals surface area contributed by atoms with Crippen LogP contribution in [0.15, 0.2) is 23.7 Å². The minimum Gasteiger partial charge on any atom is -0.480 e. The number of hydrogen-bond donors (Lipinski definition) is 1. The van der Waals surface area contributed by atoms with Gasteiger partial charge in [-0.1, -0.05) is 0 Å². The SMILES string of the molecule is O=C(O)CN(c1nccc2sccc12)C1CCS(=O)(=O)C1. The monoisotopic (exact) mass is 326 g/mol. The molecule has 0 spiro atoms. The van der Waals surface area contributed by atoms with Crippen molar-refractivity contribution in [1.29, 1.82) is 0 Å². The zero-order valence-corrected chi connectivity index (χ0v) is 12.7. The molecule has 1 aliphatic heterocycles. The van der Waals surface area contributed by atoms with E-state index in [4.69, 9.17) is 5.11 Å². The van der Waals surface area contributed by atoms with Gasteiger partial charge < -0.3 is 10.0 Å². The van der Waals surface area contributed by atoms with E-state index in [1.54, 1.807) is 22.4 Å². The van der Waals surface area contributed by atoms with Crippen LogP contribution >= 0.6 is 11.3 Å². The normalized spacial score (nSPS) is 20.7. The third kappa shape index (κ3) is 2.86. The maximum atomic E-state index is 11.7. The number of fused-ring (bicyclic) bond motifs is 1. The molecule has 2 aromatic heterocycles. The second-order valence-corrected chi connectivity index (χ2v) is 8.22. The number of carboxylic acids is 1. The van der Waals surface area contributed by atoms with Crippen molar-refractivity contribution in [1.82, 2.24) is 4.98 Å². The summed E-state index contributed by atoms with van der Waals surface area (Å²) in [4.78, 5) is 17.1. The first-order valence-electron chi connectivity index (χ1n) is 6.47. The predicted octanol–water partition coefficient (Wildman–Crippen LogP) is 1.37. The van der Waals surface area contributed by atoms with E-state index in [-0.39, 0.29) is 24.1 Å². The molecule has 1 N–H and O–H groups in total. The molecular formula is C13H14N2O4S2. The van der Waals surface area contributed by atoms with E-state index in [0.717, 1.165) is 10.1 Å². The van der Waals surface area contributed by atoms with Crippen molar-refractivity contribution < 1.29 is 18.3 Å². The molecule has 0 bridgehead atoms. The fraction of sp³-hybridized carbons (Fsp3) is 0.385. The standard InChI is InChI=1S/C13H14N2O4S2/c16-12(17)7-15(9-3-6-21(18,19)8-9)13-10-2-5-20-11(10)1-4-14-13/h1-2,4-5,9H,3,6-8H2,(H,16,17). The number of nitrogens with zero attached hydrogens (tertiary/aromatic N) is 2. The highest BCUT2D eigenvalue weighted by Gasteiger charge is 2.34. The molecule has 0 aromatic carbocycles. The molecule has 1 saturated heterocycles. The molecule has 1 aliphatic rings. The molecule has 1 fully saturated rings.